The van der Waals surface area contributed by atoms with E-state index in [0.717, 1.165) is 18.1 Å². The molecule has 0 aliphatic heterocycles. The Morgan fingerprint density at radius 2 is 1.49 bits per heavy atom. The summed E-state index contributed by atoms with van der Waals surface area (Å²) in [4.78, 5) is 13.4. The zero-order chi connectivity index (χ0) is 26.9. The van der Waals surface area contributed by atoms with Gasteiger partial charge in [0.25, 0.3) is 11.8 Å². The number of carbonyl (C=O) groups is 1. The Balaban J connectivity index is 0.00000353. The van der Waals surface area contributed by atoms with E-state index in [1.807, 2.05) is 12.1 Å². The Morgan fingerprint density at radius 3 is 2.18 bits per heavy atom. The van der Waals surface area contributed by atoms with Gasteiger partial charge in [0.2, 0.25) is 10.0 Å². The molecule has 1 aliphatic rings. The minimum atomic E-state index is -3.63. The van der Waals surface area contributed by atoms with Crippen LogP contribution in [-0.2, 0) is 28.8 Å². The average Bonchev–Trinajstić information content (AvgIpc) is 3.29. The summed E-state index contributed by atoms with van der Waals surface area (Å²) in [6, 6.07) is 26.5. The Labute approximate surface area is 225 Å². The minimum absolute atomic E-state index is 0. The van der Waals surface area contributed by atoms with Crippen molar-refractivity contribution < 1.29 is 26.7 Å². The van der Waals surface area contributed by atoms with Crippen LogP contribution >= 0.6 is 0 Å². The van der Waals surface area contributed by atoms with Crippen LogP contribution in [0.3, 0.4) is 0 Å². The summed E-state index contributed by atoms with van der Waals surface area (Å²) in [6.45, 7) is 0.848. The number of rotatable bonds is 7. The molecule has 39 heavy (non-hydrogen) atoms. The van der Waals surface area contributed by atoms with Crippen LogP contribution < -0.4 is 10.0 Å². The van der Waals surface area contributed by atoms with Crippen LogP contribution in [0.5, 0.6) is 0 Å². The van der Waals surface area contributed by atoms with E-state index in [-0.39, 0.29) is 27.1 Å². The van der Waals surface area contributed by atoms with E-state index < -0.39 is 15.9 Å². The number of fused-ring (bicyclic) bond motifs is 1. The van der Waals surface area contributed by atoms with Gasteiger partial charge in [-0.05, 0) is 65.4 Å². The molecular weight excluding hydrogens is 525 g/mol. The highest BCUT2D eigenvalue weighted by Gasteiger charge is 2.27. The molecule has 1 aliphatic carbocycles. The molecule has 1 amide bonds. The molecule has 4 aromatic carbocycles. The van der Waals surface area contributed by atoms with Gasteiger partial charge >= 0.3 is 0 Å². The van der Waals surface area contributed by atoms with Crippen molar-refractivity contribution >= 4 is 21.6 Å². The molecule has 0 saturated carbocycles. The van der Waals surface area contributed by atoms with E-state index in [0.29, 0.717) is 35.2 Å². The van der Waals surface area contributed by atoms with E-state index >= 15 is 0 Å². The highest BCUT2D eigenvalue weighted by atomic mass is 32.2. The van der Waals surface area contributed by atoms with Gasteiger partial charge in [-0.3, -0.25) is 9.50 Å². The summed E-state index contributed by atoms with van der Waals surface area (Å²) >= 11 is 0. The summed E-state index contributed by atoms with van der Waals surface area (Å²) in [5.74, 6) is -3.27. The van der Waals surface area contributed by atoms with Crippen LogP contribution in [0.25, 0.3) is 11.1 Å². The van der Waals surface area contributed by atoms with Gasteiger partial charge in [-0.15, -0.1) is 0 Å². The molecule has 0 aromatic heterocycles. The molecule has 0 spiro atoms. The highest BCUT2D eigenvalue weighted by Crippen LogP contribution is 2.31. The number of carbonyl (C=O) groups excluding carboxylic acids is 1. The number of alkyl halides is 2. The number of nitrogens with one attached hydrogen (secondary N) is 2. The number of hydrogen-bond acceptors (Lipinski definition) is 3. The predicted octanol–water partition coefficient (Wildman–Crippen LogP) is 6.32. The lowest BCUT2D eigenvalue weighted by molar-refractivity contribution is 0.0175. The van der Waals surface area contributed by atoms with Gasteiger partial charge in [0, 0.05) is 29.8 Å². The normalized spacial score (nSPS) is 14.8. The zero-order valence-electron chi connectivity index (χ0n) is 21.0. The fraction of sp³-hybridized carbons (Fsp3) is 0.167. The third kappa shape index (κ3) is 6.21. The van der Waals surface area contributed by atoms with E-state index in [1.54, 1.807) is 72.8 Å². The maximum absolute atomic E-state index is 13.6. The molecule has 9 heteroatoms. The summed E-state index contributed by atoms with van der Waals surface area (Å²) in [6.07, 6.45) is 1.07. The van der Waals surface area contributed by atoms with Crippen molar-refractivity contribution in [2.75, 3.05) is 5.32 Å². The number of anilines is 1. The molecule has 0 fully saturated rings. The molecule has 5 nitrogen and oxygen atoms in total. The summed E-state index contributed by atoms with van der Waals surface area (Å²) in [7, 11) is -3.63. The first-order chi connectivity index (χ1) is 18.1. The first kappa shape index (κ1) is 28.1. The molecular formula is C30H27F3N2O3S. The lowest BCUT2D eigenvalue weighted by Crippen LogP contribution is -2.35. The van der Waals surface area contributed by atoms with Crippen molar-refractivity contribution in [1.29, 1.82) is 0 Å². The van der Waals surface area contributed by atoms with Crippen molar-refractivity contribution in [3.8, 4) is 11.1 Å². The molecule has 1 atom stereocenters. The molecule has 5 rings (SSSR count). The standard InChI is InChI=1S/C30H26F2N2O3S.FH/c1-30(31,32)23-14-11-20(12-15-23)27-9-5-6-10-28(27)29(35)33-24-16-13-21-17-25(19-22(21)18-24)34-38(36,37)26-7-3-2-4-8-26;/h2-16,18,25,34H,17,19H2,1H3,(H,33,35);1H/t25-;/m1./s1. The van der Waals surface area contributed by atoms with Gasteiger partial charge in [-0.1, -0.05) is 66.7 Å². The van der Waals surface area contributed by atoms with Crippen LogP contribution in [0, 0.1) is 0 Å². The second-order valence-corrected chi connectivity index (χ2v) is 11.2. The SMILES string of the molecule is CC(F)(F)c1ccc(-c2ccccc2C(=O)Nc2ccc3c(c2)C[C@H](NS(=O)(=O)c2ccccc2)C3)cc1.F. The second kappa shape index (κ2) is 11.0. The van der Waals surface area contributed by atoms with Crippen LogP contribution in [0.4, 0.5) is 19.2 Å². The molecule has 0 saturated heterocycles. The third-order valence-electron chi connectivity index (χ3n) is 6.65. The molecule has 2 N–H and O–H groups in total. The van der Waals surface area contributed by atoms with Crippen molar-refractivity contribution in [1.82, 2.24) is 4.72 Å². The minimum Gasteiger partial charge on any atom is -0.322 e. The number of amides is 1. The van der Waals surface area contributed by atoms with E-state index in [4.69, 9.17) is 0 Å². The van der Waals surface area contributed by atoms with E-state index in [2.05, 4.69) is 10.0 Å². The molecule has 0 unspecified atom stereocenters. The number of sulfonamides is 1. The maximum Gasteiger partial charge on any atom is 0.270 e. The Hall–Kier alpha value is -3.95. The van der Waals surface area contributed by atoms with Gasteiger partial charge in [0.15, 0.2) is 0 Å². The largest absolute Gasteiger partial charge is 0.322 e. The van der Waals surface area contributed by atoms with Crippen LogP contribution in [0.15, 0.2) is 102 Å². The van der Waals surface area contributed by atoms with E-state index in [9.17, 15) is 22.0 Å². The lowest BCUT2D eigenvalue weighted by atomic mass is 9.97. The summed E-state index contributed by atoms with van der Waals surface area (Å²) < 4.78 is 55.5. The Kier molecular flexibility index (Phi) is 7.94. The maximum atomic E-state index is 13.6. The fourth-order valence-corrected chi connectivity index (χ4v) is 6.00. The van der Waals surface area contributed by atoms with E-state index in [1.165, 1.54) is 12.1 Å². The molecule has 0 bridgehead atoms. The fourth-order valence-electron chi connectivity index (χ4n) is 4.74. The first-order valence-corrected chi connectivity index (χ1v) is 13.7. The van der Waals surface area contributed by atoms with Crippen LogP contribution in [-0.4, -0.2) is 20.4 Å². The second-order valence-electron chi connectivity index (χ2n) is 9.49. The topological polar surface area (TPSA) is 75.3 Å². The summed E-state index contributed by atoms with van der Waals surface area (Å²) in [5, 5.41) is 2.93. The number of halogens is 3. The Bertz CT molecular complexity index is 1590. The third-order valence-corrected chi connectivity index (χ3v) is 8.18. The zero-order valence-corrected chi connectivity index (χ0v) is 21.8. The molecule has 202 valence electrons. The van der Waals surface area contributed by atoms with Crippen molar-refractivity contribution in [2.24, 2.45) is 0 Å². The summed E-state index contributed by atoms with van der Waals surface area (Å²) in [5.41, 5.74) is 4.20. The lowest BCUT2D eigenvalue weighted by Gasteiger charge is -2.14. The monoisotopic (exact) mass is 552 g/mol. The van der Waals surface area contributed by atoms with Crippen molar-refractivity contribution in [3.05, 3.63) is 119 Å². The highest BCUT2D eigenvalue weighted by molar-refractivity contribution is 7.89. The van der Waals surface area contributed by atoms with Gasteiger partial charge in [0.05, 0.1) is 4.90 Å². The van der Waals surface area contributed by atoms with Crippen LogP contribution in [0.2, 0.25) is 0 Å². The first-order valence-electron chi connectivity index (χ1n) is 12.2. The molecule has 4 aromatic rings. The predicted molar refractivity (Wildman–Crippen MR) is 146 cm³/mol. The van der Waals surface area contributed by atoms with Crippen LogP contribution in [0.1, 0.15) is 34.0 Å². The van der Waals surface area contributed by atoms with Gasteiger partial charge in [-0.2, -0.15) is 0 Å². The molecule has 0 radical (unpaired) electrons. The smallest absolute Gasteiger partial charge is 0.270 e. The number of hydrogen-bond donors (Lipinski definition) is 2. The van der Waals surface area contributed by atoms with Crippen molar-refractivity contribution in [2.45, 2.75) is 36.6 Å². The van der Waals surface area contributed by atoms with Gasteiger partial charge in [-0.25, -0.2) is 21.9 Å². The molecule has 0 heterocycles. The van der Waals surface area contributed by atoms with Gasteiger partial charge < -0.3 is 5.32 Å². The van der Waals surface area contributed by atoms with Crippen molar-refractivity contribution in [3.63, 3.8) is 0 Å². The quantitative estimate of drug-likeness (QED) is 0.282. The number of benzene rings is 4. The van der Waals surface area contributed by atoms with Gasteiger partial charge in [0.1, 0.15) is 0 Å². The average molecular weight is 553 g/mol. The Morgan fingerprint density at radius 1 is 0.846 bits per heavy atom.